The highest BCUT2D eigenvalue weighted by atomic mass is 32.2. The van der Waals surface area contributed by atoms with Crippen molar-refractivity contribution in [3.63, 3.8) is 0 Å². The molecule has 0 spiro atoms. The first-order valence-corrected chi connectivity index (χ1v) is 11.7. The second-order valence-corrected chi connectivity index (χ2v) is 9.01. The normalized spacial score (nSPS) is 11.2. The second kappa shape index (κ2) is 9.70. The smallest absolute Gasteiger partial charge is 0.297 e. The summed E-state index contributed by atoms with van der Waals surface area (Å²) in [5.74, 6) is 0.369. The van der Waals surface area contributed by atoms with E-state index in [4.69, 9.17) is 9.15 Å². The number of aromatic nitrogens is 1. The van der Waals surface area contributed by atoms with Crippen LogP contribution in [0.15, 0.2) is 94.7 Å². The van der Waals surface area contributed by atoms with E-state index in [9.17, 15) is 13.2 Å². The molecule has 7 nitrogen and oxygen atoms in total. The predicted octanol–water partition coefficient (Wildman–Crippen LogP) is 4.28. The summed E-state index contributed by atoms with van der Waals surface area (Å²) in [6, 6.07) is 22.4. The Balaban J connectivity index is 1.39. The first-order chi connectivity index (χ1) is 15.9. The third-order valence-electron chi connectivity index (χ3n) is 4.95. The van der Waals surface area contributed by atoms with E-state index in [0.29, 0.717) is 22.6 Å². The molecule has 4 rings (SSSR count). The minimum Gasteiger partial charge on any atom is -0.489 e. The van der Waals surface area contributed by atoms with Gasteiger partial charge in [-0.15, -0.1) is 0 Å². The van der Waals surface area contributed by atoms with Gasteiger partial charge >= 0.3 is 0 Å². The van der Waals surface area contributed by atoms with Crippen molar-refractivity contribution in [3.05, 3.63) is 102 Å². The summed E-state index contributed by atoms with van der Waals surface area (Å²) < 4.78 is 38.4. The van der Waals surface area contributed by atoms with Crippen LogP contribution >= 0.6 is 0 Å². The van der Waals surface area contributed by atoms with Gasteiger partial charge in [0.05, 0.1) is 6.42 Å². The van der Waals surface area contributed by atoms with Crippen LogP contribution in [-0.4, -0.2) is 19.3 Å². The number of rotatable bonds is 8. The molecule has 0 bridgehead atoms. The average molecular weight is 463 g/mol. The molecule has 0 saturated heterocycles. The fourth-order valence-electron chi connectivity index (χ4n) is 3.23. The third-order valence-corrected chi connectivity index (χ3v) is 6.18. The number of carbonyl (C=O) groups is 1. The van der Waals surface area contributed by atoms with Crippen LogP contribution in [0, 0.1) is 6.92 Å². The van der Waals surface area contributed by atoms with Crippen molar-refractivity contribution in [3.8, 4) is 16.9 Å². The monoisotopic (exact) mass is 462 g/mol. The molecular weight excluding hydrogens is 440 g/mol. The highest BCUT2D eigenvalue weighted by Gasteiger charge is 2.23. The molecule has 2 aromatic carbocycles. The van der Waals surface area contributed by atoms with E-state index < -0.39 is 15.9 Å². The number of ether oxygens (including phenoxy) is 1. The van der Waals surface area contributed by atoms with Gasteiger partial charge in [0, 0.05) is 24.0 Å². The minimum absolute atomic E-state index is 0.109. The number of hydrogen-bond donors (Lipinski definition) is 1. The zero-order valence-corrected chi connectivity index (χ0v) is 18.7. The fourth-order valence-corrected chi connectivity index (χ4v) is 4.23. The quantitative estimate of drug-likeness (QED) is 0.420. The van der Waals surface area contributed by atoms with E-state index in [2.05, 4.69) is 4.98 Å². The number of nitrogens with zero attached hydrogens (tertiary/aromatic N) is 1. The second-order valence-electron chi connectivity index (χ2n) is 7.39. The lowest BCUT2D eigenvalue weighted by Gasteiger charge is -2.07. The van der Waals surface area contributed by atoms with Gasteiger partial charge < -0.3 is 9.15 Å². The zero-order chi connectivity index (χ0) is 23.3. The Morgan fingerprint density at radius 1 is 1.00 bits per heavy atom. The number of furan rings is 1. The standard InChI is InChI=1S/C25H22N2O5S/c1-18-22(17-31-23-11-9-21(10-12-23)20-7-3-2-4-8-20)15-25(32-18)33(29,30)27-24(28)14-19-6-5-13-26-16-19/h2-13,15-16H,14,17H2,1H3,(H,27,28). The molecule has 0 saturated carbocycles. The summed E-state index contributed by atoms with van der Waals surface area (Å²) >= 11 is 0. The van der Waals surface area contributed by atoms with Crippen molar-refractivity contribution in [1.29, 1.82) is 0 Å². The fraction of sp³-hybridized carbons (Fsp3) is 0.120. The number of benzene rings is 2. The number of nitrogens with one attached hydrogen (secondary N) is 1. The molecular formula is C25H22N2O5S. The van der Waals surface area contributed by atoms with E-state index in [1.165, 1.54) is 12.3 Å². The molecule has 4 aromatic rings. The topological polar surface area (TPSA) is 98.5 Å². The Labute approximate surface area is 192 Å². The van der Waals surface area contributed by atoms with Gasteiger partial charge in [-0.2, -0.15) is 8.42 Å². The molecule has 1 amide bonds. The average Bonchev–Trinajstić information content (AvgIpc) is 3.20. The number of carbonyl (C=O) groups excluding carboxylic acids is 1. The van der Waals surface area contributed by atoms with Crippen molar-refractivity contribution < 1.29 is 22.4 Å². The van der Waals surface area contributed by atoms with Gasteiger partial charge in [0.2, 0.25) is 11.0 Å². The molecule has 168 valence electrons. The van der Waals surface area contributed by atoms with Crippen molar-refractivity contribution in [2.24, 2.45) is 0 Å². The number of hydrogen-bond acceptors (Lipinski definition) is 6. The van der Waals surface area contributed by atoms with Crippen LogP contribution in [0.1, 0.15) is 16.9 Å². The largest absolute Gasteiger partial charge is 0.489 e. The summed E-state index contributed by atoms with van der Waals surface area (Å²) in [5.41, 5.74) is 3.35. The minimum atomic E-state index is -4.14. The molecule has 33 heavy (non-hydrogen) atoms. The van der Waals surface area contributed by atoms with Crippen LogP contribution in [0.3, 0.4) is 0 Å². The Bertz CT molecular complexity index is 1330. The van der Waals surface area contributed by atoms with Gasteiger partial charge in [-0.1, -0.05) is 48.5 Å². The number of aryl methyl sites for hydroxylation is 1. The highest BCUT2D eigenvalue weighted by Crippen LogP contribution is 2.24. The molecule has 0 aliphatic rings. The van der Waals surface area contributed by atoms with Gasteiger partial charge in [-0.05, 0) is 41.8 Å². The van der Waals surface area contributed by atoms with Crippen molar-refractivity contribution in [2.45, 2.75) is 25.0 Å². The van der Waals surface area contributed by atoms with E-state index >= 15 is 0 Å². The van der Waals surface area contributed by atoms with Gasteiger partial charge in [0.25, 0.3) is 10.0 Å². The van der Waals surface area contributed by atoms with Crippen molar-refractivity contribution in [2.75, 3.05) is 0 Å². The molecule has 1 N–H and O–H groups in total. The molecule has 0 fully saturated rings. The number of sulfonamides is 1. The SMILES string of the molecule is Cc1oc(S(=O)(=O)NC(=O)Cc2cccnc2)cc1COc1ccc(-c2ccccc2)cc1. The van der Waals surface area contributed by atoms with Crippen molar-refractivity contribution in [1.82, 2.24) is 9.71 Å². The molecule has 0 unspecified atom stereocenters. The zero-order valence-electron chi connectivity index (χ0n) is 17.9. The van der Waals surface area contributed by atoms with E-state index in [0.717, 1.165) is 11.1 Å². The number of amides is 1. The van der Waals surface area contributed by atoms with Crippen LogP contribution in [0.25, 0.3) is 11.1 Å². The lowest BCUT2D eigenvalue weighted by molar-refractivity contribution is -0.118. The Morgan fingerprint density at radius 3 is 2.42 bits per heavy atom. The van der Waals surface area contributed by atoms with E-state index in [1.807, 2.05) is 59.3 Å². The van der Waals surface area contributed by atoms with E-state index in [-0.39, 0.29) is 18.1 Å². The third kappa shape index (κ3) is 5.67. The van der Waals surface area contributed by atoms with Crippen LogP contribution < -0.4 is 9.46 Å². The van der Waals surface area contributed by atoms with Gasteiger partial charge in [0.15, 0.2) is 0 Å². The summed E-state index contributed by atoms with van der Waals surface area (Å²) in [7, 11) is -4.14. The molecule has 0 atom stereocenters. The lowest BCUT2D eigenvalue weighted by Crippen LogP contribution is -2.31. The maximum absolute atomic E-state index is 12.6. The van der Waals surface area contributed by atoms with Crippen molar-refractivity contribution >= 4 is 15.9 Å². The summed E-state index contributed by atoms with van der Waals surface area (Å²) in [5, 5.41) is -0.336. The highest BCUT2D eigenvalue weighted by molar-refractivity contribution is 7.89. The summed E-state index contributed by atoms with van der Waals surface area (Å²) in [4.78, 5) is 16.1. The van der Waals surface area contributed by atoms with Crippen LogP contribution in [-0.2, 0) is 27.8 Å². The molecule has 2 aromatic heterocycles. The Hall–Kier alpha value is -3.91. The van der Waals surface area contributed by atoms with Crippen LogP contribution in [0.2, 0.25) is 0 Å². The van der Waals surface area contributed by atoms with E-state index in [1.54, 1.807) is 25.3 Å². The van der Waals surface area contributed by atoms with Crippen LogP contribution in [0.5, 0.6) is 5.75 Å². The molecule has 0 aliphatic carbocycles. The number of pyridine rings is 1. The molecule has 2 heterocycles. The molecule has 0 aliphatic heterocycles. The predicted molar refractivity (Wildman–Crippen MR) is 123 cm³/mol. The molecule has 0 radical (unpaired) electrons. The first kappa shape index (κ1) is 22.3. The maximum atomic E-state index is 12.6. The lowest BCUT2D eigenvalue weighted by atomic mass is 10.1. The maximum Gasteiger partial charge on any atom is 0.297 e. The Kier molecular flexibility index (Phi) is 6.55. The summed E-state index contributed by atoms with van der Waals surface area (Å²) in [6.45, 7) is 1.77. The first-order valence-electron chi connectivity index (χ1n) is 10.2. The molecule has 8 heteroatoms. The van der Waals surface area contributed by atoms with Gasteiger partial charge in [-0.25, -0.2) is 4.72 Å². The summed E-state index contributed by atoms with van der Waals surface area (Å²) in [6.07, 6.45) is 2.97. The Morgan fingerprint density at radius 2 is 1.73 bits per heavy atom. The van der Waals surface area contributed by atoms with Gasteiger partial charge in [0.1, 0.15) is 18.1 Å². The van der Waals surface area contributed by atoms with Gasteiger partial charge in [-0.3, -0.25) is 9.78 Å². The van der Waals surface area contributed by atoms with Crippen LogP contribution in [0.4, 0.5) is 0 Å².